The molecule has 4 nitrogen and oxygen atoms in total. The van der Waals surface area contributed by atoms with E-state index in [2.05, 4.69) is 21.2 Å². The van der Waals surface area contributed by atoms with Gasteiger partial charge >= 0.3 is 0 Å². The number of benzene rings is 1. The fraction of sp³-hybridized carbons (Fsp3) is 0.462. The molecule has 5 heteroatoms. The van der Waals surface area contributed by atoms with Crippen LogP contribution in [0, 0.1) is 0 Å². The second-order valence-corrected chi connectivity index (χ2v) is 5.46. The Balaban J connectivity index is 2.04. The van der Waals surface area contributed by atoms with Crippen molar-refractivity contribution < 1.29 is 9.53 Å². The summed E-state index contributed by atoms with van der Waals surface area (Å²) in [6, 6.07) is 5.26. The van der Waals surface area contributed by atoms with E-state index in [4.69, 9.17) is 10.5 Å². The Morgan fingerprint density at radius 3 is 3.06 bits per heavy atom. The Bertz CT molecular complexity index is 445. The van der Waals surface area contributed by atoms with Gasteiger partial charge in [-0.3, -0.25) is 4.79 Å². The van der Waals surface area contributed by atoms with Crippen LogP contribution in [0.1, 0.15) is 30.1 Å². The molecule has 0 radical (unpaired) electrons. The smallest absolute Gasteiger partial charge is 0.253 e. The average molecular weight is 313 g/mol. The summed E-state index contributed by atoms with van der Waals surface area (Å²) in [5.41, 5.74) is 6.78. The van der Waals surface area contributed by atoms with Crippen molar-refractivity contribution in [3.05, 3.63) is 28.2 Å². The summed E-state index contributed by atoms with van der Waals surface area (Å²) in [7, 11) is 0. The maximum atomic E-state index is 12.1. The van der Waals surface area contributed by atoms with Gasteiger partial charge in [0.25, 0.3) is 5.91 Å². The van der Waals surface area contributed by atoms with Gasteiger partial charge in [-0.2, -0.15) is 0 Å². The van der Waals surface area contributed by atoms with E-state index in [1.807, 2.05) is 13.0 Å². The first-order valence-corrected chi connectivity index (χ1v) is 6.84. The lowest BCUT2D eigenvalue weighted by atomic mass is 10.1. The predicted octanol–water partition coefficient (Wildman–Crippen LogP) is 2.33. The summed E-state index contributed by atoms with van der Waals surface area (Å²) in [4.78, 5) is 12.1. The zero-order chi connectivity index (χ0) is 13.1. The van der Waals surface area contributed by atoms with E-state index >= 15 is 0 Å². The van der Waals surface area contributed by atoms with Crippen LogP contribution in [0.4, 0.5) is 5.69 Å². The van der Waals surface area contributed by atoms with E-state index < -0.39 is 0 Å². The van der Waals surface area contributed by atoms with E-state index in [0.29, 0.717) is 11.3 Å². The maximum absolute atomic E-state index is 12.1. The summed E-state index contributed by atoms with van der Waals surface area (Å²) in [5.74, 6) is -0.156. The van der Waals surface area contributed by atoms with Gasteiger partial charge in [0.1, 0.15) is 0 Å². The lowest BCUT2D eigenvalue weighted by Crippen LogP contribution is -2.41. The highest BCUT2D eigenvalue weighted by Crippen LogP contribution is 2.20. The number of amides is 1. The zero-order valence-electron chi connectivity index (χ0n) is 10.3. The third kappa shape index (κ3) is 3.03. The number of hydrogen-bond donors (Lipinski definition) is 2. The normalized spacial score (nSPS) is 20.7. The van der Waals surface area contributed by atoms with Crippen molar-refractivity contribution in [3.63, 3.8) is 0 Å². The van der Waals surface area contributed by atoms with E-state index in [9.17, 15) is 4.79 Å². The van der Waals surface area contributed by atoms with Gasteiger partial charge < -0.3 is 15.8 Å². The predicted molar refractivity (Wildman–Crippen MR) is 74.5 cm³/mol. The number of carbonyl (C=O) groups is 1. The van der Waals surface area contributed by atoms with E-state index in [1.54, 1.807) is 12.1 Å². The maximum Gasteiger partial charge on any atom is 0.253 e. The highest BCUT2D eigenvalue weighted by Gasteiger charge is 2.24. The van der Waals surface area contributed by atoms with E-state index in [0.717, 1.165) is 23.9 Å². The summed E-state index contributed by atoms with van der Waals surface area (Å²) >= 11 is 3.34. The Morgan fingerprint density at radius 2 is 2.39 bits per heavy atom. The Hall–Kier alpha value is -1.07. The molecule has 2 unspecified atom stereocenters. The van der Waals surface area contributed by atoms with Crippen molar-refractivity contribution in [1.29, 1.82) is 0 Å². The van der Waals surface area contributed by atoms with Gasteiger partial charge in [0, 0.05) is 16.8 Å². The molecule has 0 spiro atoms. The molecule has 1 aromatic carbocycles. The lowest BCUT2D eigenvalue weighted by Gasteiger charge is -2.20. The molecule has 1 amide bonds. The van der Waals surface area contributed by atoms with Gasteiger partial charge in [-0.1, -0.05) is 15.9 Å². The van der Waals surface area contributed by atoms with Gasteiger partial charge in [0.2, 0.25) is 0 Å². The number of nitrogen functional groups attached to an aromatic ring is 1. The Kier molecular flexibility index (Phi) is 4.24. The quantitative estimate of drug-likeness (QED) is 0.842. The summed E-state index contributed by atoms with van der Waals surface area (Å²) in [6.45, 7) is 2.74. The molecule has 1 aromatic rings. The van der Waals surface area contributed by atoms with Gasteiger partial charge in [0.15, 0.2) is 0 Å². The molecule has 0 aromatic heterocycles. The molecule has 1 saturated heterocycles. The minimum Gasteiger partial charge on any atom is -0.398 e. The van der Waals surface area contributed by atoms with Crippen LogP contribution in [-0.2, 0) is 4.74 Å². The van der Waals surface area contributed by atoms with Gasteiger partial charge in [-0.25, -0.2) is 0 Å². The fourth-order valence-corrected chi connectivity index (χ4v) is 2.46. The number of nitrogens with two attached hydrogens (primary N) is 1. The van der Waals surface area contributed by atoms with Gasteiger partial charge in [0.05, 0.1) is 17.7 Å². The summed E-state index contributed by atoms with van der Waals surface area (Å²) < 4.78 is 6.39. The highest BCUT2D eigenvalue weighted by molar-refractivity contribution is 9.10. The van der Waals surface area contributed by atoms with Gasteiger partial charge in [-0.05, 0) is 38.0 Å². The minimum atomic E-state index is -0.156. The van der Waals surface area contributed by atoms with Crippen LogP contribution in [0.5, 0.6) is 0 Å². The van der Waals surface area contributed by atoms with Gasteiger partial charge in [-0.15, -0.1) is 0 Å². The molecule has 0 saturated carbocycles. The van der Waals surface area contributed by atoms with Crippen LogP contribution in [-0.4, -0.2) is 24.7 Å². The van der Waals surface area contributed by atoms with Crippen molar-refractivity contribution in [2.45, 2.75) is 31.9 Å². The molecule has 3 N–H and O–H groups in total. The van der Waals surface area contributed by atoms with Crippen LogP contribution in [0.3, 0.4) is 0 Å². The molecule has 0 bridgehead atoms. The average Bonchev–Trinajstić information content (AvgIpc) is 2.85. The largest absolute Gasteiger partial charge is 0.398 e. The van der Waals surface area contributed by atoms with Crippen LogP contribution in [0.15, 0.2) is 22.7 Å². The van der Waals surface area contributed by atoms with Crippen molar-refractivity contribution in [3.8, 4) is 0 Å². The summed E-state index contributed by atoms with van der Waals surface area (Å²) in [5, 5.41) is 2.94. The molecule has 2 atom stereocenters. The Morgan fingerprint density at radius 1 is 1.61 bits per heavy atom. The number of carbonyl (C=O) groups excluding carboxylic acids is 1. The third-order valence-electron chi connectivity index (χ3n) is 3.14. The topological polar surface area (TPSA) is 64.4 Å². The van der Waals surface area contributed by atoms with Crippen molar-refractivity contribution in [1.82, 2.24) is 5.32 Å². The molecule has 98 valence electrons. The number of nitrogens with one attached hydrogen (secondary N) is 1. The number of hydrogen-bond acceptors (Lipinski definition) is 3. The molecule has 1 heterocycles. The number of ether oxygens (including phenoxy) is 1. The molecule has 1 fully saturated rings. The van der Waals surface area contributed by atoms with E-state index in [1.165, 1.54) is 0 Å². The minimum absolute atomic E-state index is 0.00150. The molecular weight excluding hydrogens is 296 g/mol. The van der Waals surface area contributed by atoms with Crippen molar-refractivity contribution >= 4 is 27.5 Å². The van der Waals surface area contributed by atoms with Crippen LogP contribution < -0.4 is 11.1 Å². The molecule has 1 aliphatic heterocycles. The monoisotopic (exact) mass is 312 g/mol. The first-order valence-electron chi connectivity index (χ1n) is 6.05. The van der Waals surface area contributed by atoms with Crippen LogP contribution >= 0.6 is 15.9 Å². The van der Waals surface area contributed by atoms with Crippen molar-refractivity contribution in [2.24, 2.45) is 0 Å². The van der Waals surface area contributed by atoms with Crippen LogP contribution in [0.25, 0.3) is 0 Å². The fourth-order valence-electron chi connectivity index (χ4n) is 2.10. The Labute approximate surface area is 115 Å². The van der Waals surface area contributed by atoms with Crippen LogP contribution in [0.2, 0.25) is 0 Å². The first-order chi connectivity index (χ1) is 8.58. The molecular formula is C13H17BrN2O2. The molecule has 1 aliphatic rings. The standard InChI is InChI=1S/C13H17BrN2O2/c1-8(12-3-2-6-18-12)16-13(17)10-7-9(14)4-5-11(10)15/h4-5,7-8,12H,2-3,6,15H2,1H3,(H,16,17). The van der Waals surface area contributed by atoms with Crippen molar-refractivity contribution in [2.75, 3.05) is 12.3 Å². The first kappa shape index (κ1) is 13.4. The van der Waals surface area contributed by atoms with E-state index in [-0.39, 0.29) is 18.1 Å². The zero-order valence-corrected chi connectivity index (χ0v) is 11.9. The molecule has 0 aliphatic carbocycles. The molecule has 18 heavy (non-hydrogen) atoms. The third-order valence-corrected chi connectivity index (χ3v) is 3.63. The molecule has 2 rings (SSSR count). The number of rotatable bonds is 3. The lowest BCUT2D eigenvalue weighted by molar-refractivity contribution is 0.0713. The number of halogens is 1. The summed E-state index contributed by atoms with van der Waals surface area (Å²) in [6.07, 6.45) is 2.17. The SMILES string of the molecule is CC(NC(=O)c1cc(Br)ccc1N)C1CCCO1. The second-order valence-electron chi connectivity index (χ2n) is 4.55. The number of anilines is 1. The highest BCUT2D eigenvalue weighted by atomic mass is 79.9. The second kappa shape index (κ2) is 5.71.